The summed E-state index contributed by atoms with van der Waals surface area (Å²) >= 11 is 0. The molecule has 0 bridgehead atoms. The van der Waals surface area contributed by atoms with Crippen LogP contribution in [0.3, 0.4) is 0 Å². The molecule has 0 atom stereocenters. The molecule has 0 aliphatic heterocycles. The lowest BCUT2D eigenvalue weighted by Crippen LogP contribution is -2.08. The van der Waals surface area contributed by atoms with Crippen molar-refractivity contribution in [1.82, 2.24) is 9.78 Å². The molecule has 0 radical (unpaired) electrons. The lowest BCUT2D eigenvalue weighted by atomic mass is 9.97. The number of nitrogen functional groups attached to an aromatic ring is 1. The van der Waals surface area contributed by atoms with Crippen molar-refractivity contribution in [1.29, 1.82) is 0 Å². The number of nitrogens with two attached hydrogens (primary N) is 1. The summed E-state index contributed by atoms with van der Waals surface area (Å²) in [6.45, 7) is 0. The molecule has 3 rings (SSSR count). The van der Waals surface area contributed by atoms with E-state index in [1.54, 1.807) is 16.8 Å². The number of aromatic nitrogens is 2. The predicted molar refractivity (Wildman–Crippen MR) is 77.8 cm³/mol. The van der Waals surface area contributed by atoms with Crippen molar-refractivity contribution >= 4 is 11.5 Å². The van der Waals surface area contributed by atoms with Crippen LogP contribution in [0.5, 0.6) is 5.75 Å². The van der Waals surface area contributed by atoms with Gasteiger partial charge in [0, 0.05) is 17.3 Å². The highest BCUT2D eigenvalue weighted by atomic mass is 16.6. The highest BCUT2D eigenvalue weighted by Gasteiger charge is 2.22. The zero-order chi connectivity index (χ0) is 15.0. The number of hydrogen-bond acceptors (Lipinski definition) is 5. The molecular weight excluding hydrogens is 272 g/mol. The second-order valence-corrected chi connectivity index (χ2v) is 5.04. The van der Waals surface area contributed by atoms with Crippen LogP contribution in [-0.2, 0) is 12.8 Å². The first kappa shape index (κ1) is 13.4. The van der Waals surface area contributed by atoms with Crippen LogP contribution >= 0.6 is 0 Å². The first-order valence-corrected chi connectivity index (χ1v) is 6.81. The Morgan fingerprint density at radius 1 is 1.38 bits per heavy atom. The minimum atomic E-state index is -0.457. The molecule has 1 aromatic carbocycles. The van der Waals surface area contributed by atoms with Gasteiger partial charge in [0.2, 0.25) is 0 Å². The summed E-state index contributed by atoms with van der Waals surface area (Å²) in [5.74, 6) is 0.751. The van der Waals surface area contributed by atoms with Crippen LogP contribution in [-0.4, -0.2) is 21.8 Å². The van der Waals surface area contributed by atoms with Crippen molar-refractivity contribution < 1.29 is 9.66 Å². The standard InChI is InChI=1S/C14H16N4O3/c1-21-13-7-6-9(8-12(13)18(19)20)17-11-5-3-2-4-10(11)14(15)16-17/h6-8H,2-5H2,1H3,(H2,15,16). The number of methoxy groups -OCH3 is 1. The van der Waals surface area contributed by atoms with Gasteiger partial charge >= 0.3 is 5.69 Å². The molecule has 7 heteroatoms. The number of benzene rings is 1. The molecule has 1 aliphatic carbocycles. The Balaban J connectivity index is 2.13. The topological polar surface area (TPSA) is 96.2 Å². The van der Waals surface area contributed by atoms with Crippen LogP contribution < -0.4 is 10.5 Å². The summed E-state index contributed by atoms with van der Waals surface area (Å²) in [7, 11) is 1.41. The minimum Gasteiger partial charge on any atom is -0.490 e. The lowest BCUT2D eigenvalue weighted by Gasteiger charge is -2.14. The van der Waals surface area contributed by atoms with Gasteiger partial charge in [-0.15, -0.1) is 0 Å². The van der Waals surface area contributed by atoms with Gasteiger partial charge in [0.1, 0.15) is 5.82 Å². The second kappa shape index (κ2) is 5.08. The fourth-order valence-corrected chi connectivity index (χ4v) is 2.79. The number of nitro groups is 1. The zero-order valence-electron chi connectivity index (χ0n) is 11.7. The third-order valence-electron chi connectivity index (χ3n) is 3.81. The van der Waals surface area contributed by atoms with E-state index in [0.29, 0.717) is 11.5 Å². The molecule has 0 spiro atoms. The number of nitrogens with zero attached hydrogens (tertiary/aromatic N) is 3. The fourth-order valence-electron chi connectivity index (χ4n) is 2.79. The van der Waals surface area contributed by atoms with E-state index < -0.39 is 4.92 Å². The van der Waals surface area contributed by atoms with Crippen molar-refractivity contribution in [2.75, 3.05) is 12.8 Å². The number of hydrogen-bond donors (Lipinski definition) is 1. The van der Waals surface area contributed by atoms with Crippen LogP contribution in [0.1, 0.15) is 24.1 Å². The van der Waals surface area contributed by atoms with E-state index in [2.05, 4.69) is 5.10 Å². The molecule has 1 aliphatic rings. The third kappa shape index (κ3) is 2.20. The van der Waals surface area contributed by atoms with E-state index in [1.165, 1.54) is 13.2 Å². The van der Waals surface area contributed by atoms with Gasteiger partial charge in [-0.2, -0.15) is 5.10 Å². The molecule has 110 valence electrons. The molecule has 0 unspecified atom stereocenters. The van der Waals surface area contributed by atoms with Gasteiger partial charge in [0.15, 0.2) is 5.75 Å². The summed E-state index contributed by atoms with van der Waals surface area (Å²) in [6.07, 6.45) is 3.99. The fraction of sp³-hybridized carbons (Fsp3) is 0.357. The molecule has 2 N–H and O–H groups in total. The van der Waals surface area contributed by atoms with Crippen molar-refractivity contribution in [3.05, 3.63) is 39.6 Å². The Kier molecular flexibility index (Phi) is 3.25. The monoisotopic (exact) mass is 288 g/mol. The van der Waals surface area contributed by atoms with Crippen molar-refractivity contribution in [2.45, 2.75) is 25.7 Å². The van der Waals surface area contributed by atoms with Crippen molar-refractivity contribution in [2.24, 2.45) is 0 Å². The molecule has 7 nitrogen and oxygen atoms in total. The lowest BCUT2D eigenvalue weighted by molar-refractivity contribution is -0.385. The molecule has 0 saturated heterocycles. The predicted octanol–water partition coefficient (Wildman–Crippen LogP) is 2.25. The first-order valence-electron chi connectivity index (χ1n) is 6.81. The van der Waals surface area contributed by atoms with Gasteiger partial charge in [-0.05, 0) is 37.8 Å². The summed E-state index contributed by atoms with van der Waals surface area (Å²) in [4.78, 5) is 10.7. The summed E-state index contributed by atoms with van der Waals surface area (Å²) in [5.41, 5.74) is 8.65. The quantitative estimate of drug-likeness (QED) is 0.690. The maximum absolute atomic E-state index is 11.1. The summed E-state index contributed by atoms with van der Waals surface area (Å²) in [6, 6.07) is 4.81. The highest BCUT2D eigenvalue weighted by molar-refractivity contribution is 5.55. The molecule has 0 amide bonds. The molecule has 2 aromatic rings. The van der Waals surface area contributed by atoms with Gasteiger partial charge in [-0.25, -0.2) is 4.68 Å². The maximum atomic E-state index is 11.1. The largest absolute Gasteiger partial charge is 0.490 e. The zero-order valence-corrected chi connectivity index (χ0v) is 11.7. The Morgan fingerprint density at radius 2 is 2.14 bits per heavy atom. The molecular formula is C14H16N4O3. The molecule has 1 aromatic heterocycles. The molecule has 21 heavy (non-hydrogen) atoms. The van der Waals surface area contributed by atoms with Crippen LogP contribution in [0.4, 0.5) is 11.5 Å². The van der Waals surface area contributed by atoms with E-state index in [9.17, 15) is 10.1 Å². The Morgan fingerprint density at radius 3 is 2.86 bits per heavy atom. The Hall–Kier alpha value is -2.57. The SMILES string of the molecule is COc1ccc(-n2nc(N)c3c2CCCC3)cc1[N+](=O)[O-]. The van der Waals surface area contributed by atoms with Crippen LogP contribution in [0.2, 0.25) is 0 Å². The average Bonchev–Trinajstić information content (AvgIpc) is 2.84. The molecule has 0 fully saturated rings. The van der Waals surface area contributed by atoms with Gasteiger partial charge < -0.3 is 10.5 Å². The van der Waals surface area contributed by atoms with E-state index >= 15 is 0 Å². The Bertz CT molecular complexity index is 708. The van der Waals surface area contributed by atoms with Crippen molar-refractivity contribution in [3.63, 3.8) is 0 Å². The third-order valence-corrected chi connectivity index (χ3v) is 3.81. The minimum absolute atomic E-state index is 0.0753. The highest BCUT2D eigenvalue weighted by Crippen LogP contribution is 2.32. The van der Waals surface area contributed by atoms with Gasteiger partial charge in [-0.3, -0.25) is 10.1 Å². The van der Waals surface area contributed by atoms with E-state index in [-0.39, 0.29) is 11.4 Å². The van der Waals surface area contributed by atoms with Gasteiger partial charge in [-0.1, -0.05) is 0 Å². The van der Waals surface area contributed by atoms with Gasteiger partial charge in [0.25, 0.3) is 0 Å². The summed E-state index contributed by atoms with van der Waals surface area (Å²) in [5, 5.41) is 15.5. The van der Waals surface area contributed by atoms with Crippen LogP contribution in [0.15, 0.2) is 18.2 Å². The van der Waals surface area contributed by atoms with E-state index in [4.69, 9.17) is 10.5 Å². The first-order chi connectivity index (χ1) is 10.1. The normalized spacial score (nSPS) is 13.8. The molecule has 0 saturated carbocycles. The van der Waals surface area contributed by atoms with Crippen LogP contribution in [0, 0.1) is 10.1 Å². The number of anilines is 1. The number of rotatable bonds is 3. The van der Waals surface area contributed by atoms with E-state index in [0.717, 1.165) is 36.9 Å². The average molecular weight is 288 g/mol. The van der Waals surface area contributed by atoms with Gasteiger partial charge in [0.05, 0.1) is 17.7 Å². The Labute approximate surface area is 121 Å². The number of nitro benzene ring substituents is 1. The molecule has 1 heterocycles. The van der Waals surface area contributed by atoms with E-state index in [1.807, 2.05) is 0 Å². The maximum Gasteiger partial charge on any atom is 0.313 e. The van der Waals surface area contributed by atoms with Crippen molar-refractivity contribution in [3.8, 4) is 11.4 Å². The summed E-state index contributed by atoms with van der Waals surface area (Å²) < 4.78 is 6.74. The number of ether oxygens (including phenoxy) is 1. The second-order valence-electron chi connectivity index (χ2n) is 5.04. The smallest absolute Gasteiger partial charge is 0.313 e. The number of fused-ring (bicyclic) bond motifs is 1. The van der Waals surface area contributed by atoms with Crippen LogP contribution in [0.25, 0.3) is 5.69 Å².